The predicted octanol–water partition coefficient (Wildman–Crippen LogP) is 3.83. The normalized spacial score (nSPS) is 11.5. The van der Waals surface area contributed by atoms with Crippen LogP contribution in [0.1, 0.15) is 58.3 Å². The molecule has 0 spiro atoms. The minimum atomic E-state index is 0.140. The largest absolute Gasteiger partial charge is 0.464 e. The van der Waals surface area contributed by atoms with Gasteiger partial charge in [0.1, 0.15) is 0 Å². The van der Waals surface area contributed by atoms with E-state index in [1.807, 2.05) is 6.08 Å². The van der Waals surface area contributed by atoms with E-state index >= 15 is 0 Å². The van der Waals surface area contributed by atoms with E-state index in [9.17, 15) is 4.79 Å². The van der Waals surface area contributed by atoms with Gasteiger partial charge in [-0.05, 0) is 18.9 Å². The van der Waals surface area contributed by atoms with Crippen molar-refractivity contribution in [3.63, 3.8) is 0 Å². The van der Waals surface area contributed by atoms with Crippen molar-refractivity contribution in [1.82, 2.24) is 0 Å². The fraction of sp³-hybridized carbons (Fsp3) is 0.786. The first-order valence-electron chi connectivity index (χ1n) is 6.62. The molecule has 0 aliphatic carbocycles. The number of methoxy groups -OCH3 is 1. The number of allylic oxidation sites excluding steroid dienone is 2. The van der Waals surface area contributed by atoms with Gasteiger partial charge in [0.2, 0.25) is 0 Å². The third-order valence-electron chi connectivity index (χ3n) is 2.61. The van der Waals surface area contributed by atoms with E-state index in [0.29, 0.717) is 5.76 Å². The summed E-state index contributed by atoms with van der Waals surface area (Å²) < 4.78 is 9.81. The Morgan fingerprint density at radius 2 is 1.71 bits per heavy atom. The van der Waals surface area contributed by atoms with Crippen molar-refractivity contribution in [2.24, 2.45) is 0 Å². The molecular formula is C14H26O3. The summed E-state index contributed by atoms with van der Waals surface area (Å²) in [5.41, 5.74) is 0. The number of rotatable bonds is 12. The van der Waals surface area contributed by atoms with Gasteiger partial charge in [-0.1, -0.05) is 45.4 Å². The van der Waals surface area contributed by atoms with Gasteiger partial charge in [-0.15, -0.1) is 0 Å². The lowest BCUT2D eigenvalue weighted by atomic mass is 10.1. The summed E-state index contributed by atoms with van der Waals surface area (Å²) in [6.07, 6.45) is 12.5. The second-order valence-electron chi connectivity index (χ2n) is 4.19. The topological polar surface area (TPSA) is 35.5 Å². The van der Waals surface area contributed by atoms with Crippen LogP contribution < -0.4 is 0 Å². The Bertz CT molecular complexity index is 200. The molecule has 3 nitrogen and oxygen atoms in total. The van der Waals surface area contributed by atoms with Gasteiger partial charge in [0.25, 0.3) is 0 Å². The number of aldehydes is 1. The number of ether oxygens (including phenoxy) is 2. The van der Waals surface area contributed by atoms with Gasteiger partial charge in [0.05, 0.1) is 0 Å². The highest BCUT2D eigenvalue weighted by Gasteiger charge is 1.95. The molecule has 0 aliphatic heterocycles. The molecule has 0 N–H and O–H groups in total. The number of carbonyl (C=O) groups excluding carboxylic acids is 1. The van der Waals surface area contributed by atoms with Crippen molar-refractivity contribution in [2.45, 2.75) is 58.3 Å². The van der Waals surface area contributed by atoms with Crippen LogP contribution in [0.15, 0.2) is 11.8 Å². The standard InChI is InChI=1S/C14H26O3/c1-3-4-5-6-7-8-9-10-11-14(12-15)17-13-16-2/h11-12H,3-10,13H2,1-2H3. The Hall–Kier alpha value is -0.830. The zero-order valence-corrected chi connectivity index (χ0v) is 11.2. The molecule has 0 rings (SSSR count). The third kappa shape index (κ3) is 11.4. The zero-order valence-electron chi connectivity index (χ0n) is 11.2. The number of hydrogen-bond acceptors (Lipinski definition) is 3. The molecule has 0 saturated carbocycles. The van der Waals surface area contributed by atoms with Gasteiger partial charge < -0.3 is 9.47 Å². The molecule has 0 amide bonds. The van der Waals surface area contributed by atoms with Crippen molar-refractivity contribution in [1.29, 1.82) is 0 Å². The molecule has 0 aromatic heterocycles. The van der Waals surface area contributed by atoms with E-state index < -0.39 is 0 Å². The van der Waals surface area contributed by atoms with Crippen LogP contribution in [-0.4, -0.2) is 20.2 Å². The first-order chi connectivity index (χ1) is 8.35. The molecule has 0 bridgehead atoms. The van der Waals surface area contributed by atoms with Crippen LogP contribution in [0.5, 0.6) is 0 Å². The highest BCUT2D eigenvalue weighted by molar-refractivity contribution is 5.69. The van der Waals surface area contributed by atoms with E-state index in [2.05, 4.69) is 6.92 Å². The minimum Gasteiger partial charge on any atom is -0.464 e. The van der Waals surface area contributed by atoms with E-state index in [-0.39, 0.29) is 6.79 Å². The summed E-state index contributed by atoms with van der Waals surface area (Å²) >= 11 is 0. The second kappa shape index (κ2) is 13.2. The molecule has 0 heterocycles. The molecule has 0 aromatic rings. The predicted molar refractivity (Wildman–Crippen MR) is 69.7 cm³/mol. The van der Waals surface area contributed by atoms with Crippen LogP contribution in [0.3, 0.4) is 0 Å². The van der Waals surface area contributed by atoms with Crippen LogP contribution >= 0.6 is 0 Å². The second-order valence-corrected chi connectivity index (χ2v) is 4.19. The van der Waals surface area contributed by atoms with E-state index in [0.717, 1.165) is 19.1 Å². The van der Waals surface area contributed by atoms with Gasteiger partial charge in [0.15, 0.2) is 18.8 Å². The van der Waals surface area contributed by atoms with Gasteiger partial charge in [-0.2, -0.15) is 0 Å². The Labute approximate surface area is 105 Å². The number of hydrogen-bond donors (Lipinski definition) is 0. The van der Waals surface area contributed by atoms with Crippen molar-refractivity contribution in [3.8, 4) is 0 Å². The Morgan fingerprint density at radius 1 is 1.06 bits per heavy atom. The molecule has 0 atom stereocenters. The van der Waals surface area contributed by atoms with E-state index in [4.69, 9.17) is 9.47 Å². The molecule has 0 unspecified atom stereocenters. The molecule has 3 heteroatoms. The van der Waals surface area contributed by atoms with Crippen LogP contribution in [-0.2, 0) is 14.3 Å². The summed E-state index contributed by atoms with van der Waals surface area (Å²) in [5.74, 6) is 0.387. The molecule has 17 heavy (non-hydrogen) atoms. The lowest BCUT2D eigenvalue weighted by Gasteiger charge is -2.03. The van der Waals surface area contributed by atoms with Crippen molar-refractivity contribution in [3.05, 3.63) is 11.8 Å². The molecule has 0 aromatic carbocycles. The molecule has 0 aliphatic rings. The molecule has 0 fully saturated rings. The summed E-state index contributed by atoms with van der Waals surface area (Å²) in [6, 6.07) is 0. The highest BCUT2D eigenvalue weighted by atomic mass is 16.7. The fourth-order valence-corrected chi connectivity index (χ4v) is 1.61. The van der Waals surface area contributed by atoms with Crippen molar-refractivity contribution in [2.75, 3.05) is 13.9 Å². The lowest BCUT2D eigenvalue weighted by Crippen LogP contribution is -1.97. The average molecular weight is 242 g/mol. The zero-order chi connectivity index (χ0) is 12.8. The lowest BCUT2D eigenvalue weighted by molar-refractivity contribution is -0.110. The Morgan fingerprint density at radius 3 is 2.29 bits per heavy atom. The van der Waals surface area contributed by atoms with Crippen molar-refractivity contribution < 1.29 is 14.3 Å². The number of carbonyl (C=O) groups is 1. The maximum absolute atomic E-state index is 10.6. The van der Waals surface area contributed by atoms with Gasteiger partial charge >= 0.3 is 0 Å². The Kier molecular flexibility index (Phi) is 12.6. The van der Waals surface area contributed by atoms with Gasteiger partial charge in [-0.25, -0.2) is 0 Å². The maximum Gasteiger partial charge on any atom is 0.188 e. The first-order valence-corrected chi connectivity index (χ1v) is 6.62. The van der Waals surface area contributed by atoms with Crippen LogP contribution in [0, 0.1) is 0 Å². The SMILES string of the molecule is CCCCCCCCCC=C(C=O)OCOC. The summed E-state index contributed by atoms with van der Waals surface area (Å²) in [4.78, 5) is 10.6. The van der Waals surface area contributed by atoms with Crippen LogP contribution in [0.25, 0.3) is 0 Å². The smallest absolute Gasteiger partial charge is 0.188 e. The third-order valence-corrected chi connectivity index (χ3v) is 2.61. The molecular weight excluding hydrogens is 216 g/mol. The van der Waals surface area contributed by atoms with Crippen LogP contribution in [0.2, 0.25) is 0 Å². The Balaban J connectivity index is 3.39. The number of unbranched alkanes of at least 4 members (excludes halogenated alkanes) is 7. The summed E-state index contributed by atoms with van der Waals surface area (Å²) in [5, 5.41) is 0. The van der Waals surface area contributed by atoms with Gasteiger partial charge in [-0.3, -0.25) is 4.79 Å². The fourth-order valence-electron chi connectivity index (χ4n) is 1.61. The summed E-state index contributed by atoms with van der Waals surface area (Å²) in [7, 11) is 1.54. The van der Waals surface area contributed by atoms with Crippen molar-refractivity contribution >= 4 is 6.29 Å². The molecule has 100 valence electrons. The molecule has 0 radical (unpaired) electrons. The minimum absolute atomic E-state index is 0.140. The van der Waals surface area contributed by atoms with Gasteiger partial charge in [0, 0.05) is 7.11 Å². The van der Waals surface area contributed by atoms with E-state index in [1.54, 1.807) is 7.11 Å². The maximum atomic E-state index is 10.6. The van der Waals surface area contributed by atoms with Crippen LogP contribution in [0.4, 0.5) is 0 Å². The first kappa shape index (κ1) is 16.2. The monoisotopic (exact) mass is 242 g/mol. The summed E-state index contributed by atoms with van der Waals surface area (Å²) in [6.45, 7) is 2.37. The van der Waals surface area contributed by atoms with E-state index in [1.165, 1.54) is 38.5 Å². The average Bonchev–Trinajstić information content (AvgIpc) is 2.36. The highest BCUT2D eigenvalue weighted by Crippen LogP contribution is 2.09. The quantitative estimate of drug-likeness (QED) is 0.171. The molecule has 0 saturated heterocycles.